The van der Waals surface area contributed by atoms with Gasteiger partial charge in [0.15, 0.2) is 5.78 Å². The number of carbonyl (C=O) groups excluding carboxylic acids is 1. The molecular weight excluding hydrogens is 208 g/mol. The fourth-order valence-corrected chi connectivity index (χ4v) is 3.09. The fourth-order valence-electron chi connectivity index (χ4n) is 1.96. The molecule has 0 bridgehead atoms. The standard InChI is InChI=1S/C12H16O2S/c1-3-9-6-8(2)15-12(9)11(13)10-4-5-14-7-10/h6,10H,3-5,7H2,1-2H3. The summed E-state index contributed by atoms with van der Waals surface area (Å²) in [6.07, 6.45) is 1.83. The minimum atomic E-state index is 0.105. The summed E-state index contributed by atoms with van der Waals surface area (Å²) in [5.74, 6) is 0.399. The second-order valence-electron chi connectivity index (χ2n) is 3.99. The van der Waals surface area contributed by atoms with E-state index in [9.17, 15) is 4.79 Å². The molecule has 1 aromatic heterocycles. The molecule has 0 spiro atoms. The third-order valence-electron chi connectivity index (χ3n) is 2.84. The Morgan fingerprint density at radius 3 is 3.07 bits per heavy atom. The van der Waals surface area contributed by atoms with Gasteiger partial charge in [0, 0.05) is 17.4 Å². The quantitative estimate of drug-likeness (QED) is 0.738. The molecule has 15 heavy (non-hydrogen) atoms. The van der Waals surface area contributed by atoms with Crippen LogP contribution in [0.5, 0.6) is 0 Å². The van der Waals surface area contributed by atoms with Gasteiger partial charge in [0.05, 0.1) is 11.5 Å². The molecule has 0 amide bonds. The van der Waals surface area contributed by atoms with Crippen molar-refractivity contribution in [1.82, 2.24) is 0 Å². The van der Waals surface area contributed by atoms with Gasteiger partial charge in [0.25, 0.3) is 0 Å². The van der Waals surface area contributed by atoms with E-state index < -0.39 is 0 Å². The minimum absolute atomic E-state index is 0.105. The van der Waals surface area contributed by atoms with Crippen molar-refractivity contribution in [2.24, 2.45) is 5.92 Å². The average molecular weight is 224 g/mol. The predicted molar refractivity (Wildman–Crippen MR) is 61.7 cm³/mol. The molecule has 1 aromatic rings. The normalized spacial score (nSPS) is 20.8. The van der Waals surface area contributed by atoms with Crippen LogP contribution in [0, 0.1) is 12.8 Å². The van der Waals surface area contributed by atoms with Crippen molar-refractivity contribution >= 4 is 17.1 Å². The Morgan fingerprint density at radius 2 is 2.47 bits per heavy atom. The number of thiophene rings is 1. The van der Waals surface area contributed by atoms with Crippen LogP contribution in [0.2, 0.25) is 0 Å². The Bertz CT molecular complexity index is 362. The molecule has 3 heteroatoms. The van der Waals surface area contributed by atoms with Crippen molar-refractivity contribution in [1.29, 1.82) is 0 Å². The van der Waals surface area contributed by atoms with Gasteiger partial charge in [-0.2, -0.15) is 0 Å². The molecule has 0 saturated carbocycles. The van der Waals surface area contributed by atoms with Gasteiger partial charge in [-0.3, -0.25) is 4.79 Å². The molecule has 1 saturated heterocycles. The van der Waals surface area contributed by atoms with Crippen molar-refractivity contribution in [2.75, 3.05) is 13.2 Å². The lowest BCUT2D eigenvalue weighted by Gasteiger charge is -2.05. The number of Topliss-reactive ketones (excluding diaryl/α,β-unsaturated/α-hetero) is 1. The summed E-state index contributed by atoms with van der Waals surface area (Å²) in [7, 11) is 0. The van der Waals surface area contributed by atoms with Crippen LogP contribution in [0.15, 0.2) is 6.07 Å². The number of rotatable bonds is 3. The maximum Gasteiger partial charge on any atom is 0.178 e. The summed E-state index contributed by atoms with van der Waals surface area (Å²) in [6, 6.07) is 2.13. The van der Waals surface area contributed by atoms with Crippen LogP contribution in [0.1, 0.15) is 33.5 Å². The molecule has 82 valence electrons. The molecule has 1 aliphatic rings. The number of aryl methyl sites for hydroxylation is 2. The van der Waals surface area contributed by atoms with Crippen LogP contribution in [-0.2, 0) is 11.2 Å². The Balaban J connectivity index is 2.23. The zero-order valence-corrected chi connectivity index (χ0v) is 10.0. The molecule has 1 atom stereocenters. The van der Waals surface area contributed by atoms with Crippen LogP contribution < -0.4 is 0 Å². The molecule has 1 unspecified atom stereocenters. The summed E-state index contributed by atoms with van der Waals surface area (Å²) in [5.41, 5.74) is 1.20. The van der Waals surface area contributed by atoms with Gasteiger partial charge >= 0.3 is 0 Å². The van der Waals surface area contributed by atoms with E-state index in [1.54, 1.807) is 11.3 Å². The van der Waals surface area contributed by atoms with E-state index in [0.29, 0.717) is 12.4 Å². The number of ketones is 1. The van der Waals surface area contributed by atoms with E-state index in [1.807, 2.05) is 0 Å². The lowest BCUT2D eigenvalue weighted by atomic mass is 9.99. The molecular formula is C12H16O2S. The molecule has 2 heterocycles. The summed E-state index contributed by atoms with van der Waals surface area (Å²) >= 11 is 1.63. The fraction of sp³-hybridized carbons (Fsp3) is 0.583. The van der Waals surface area contributed by atoms with Crippen molar-refractivity contribution in [2.45, 2.75) is 26.7 Å². The second kappa shape index (κ2) is 4.45. The van der Waals surface area contributed by atoms with Gasteiger partial charge in [0.2, 0.25) is 0 Å². The highest BCUT2D eigenvalue weighted by molar-refractivity contribution is 7.14. The van der Waals surface area contributed by atoms with Gasteiger partial charge in [0.1, 0.15) is 0 Å². The van der Waals surface area contributed by atoms with Gasteiger partial charge in [-0.25, -0.2) is 0 Å². The average Bonchev–Trinajstić information content (AvgIpc) is 2.84. The molecule has 0 radical (unpaired) electrons. The van der Waals surface area contributed by atoms with Crippen molar-refractivity contribution in [3.63, 3.8) is 0 Å². The van der Waals surface area contributed by atoms with Crippen LogP contribution in [-0.4, -0.2) is 19.0 Å². The highest BCUT2D eigenvalue weighted by atomic mass is 32.1. The van der Waals surface area contributed by atoms with Gasteiger partial charge in [-0.1, -0.05) is 6.92 Å². The third kappa shape index (κ3) is 2.13. The van der Waals surface area contributed by atoms with Crippen molar-refractivity contribution in [3.8, 4) is 0 Å². The maximum atomic E-state index is 12.2. The van der Waals surface area contributed by atoms with Crippen molar-refractivity contribution in [3.05, 3.63) is 21.4 Å². The first-order valence-electron chi connectivity index (χ1n) is 5.43. The zero-order chi connectivity index (χ0) is 10.8. The molecule has 0 N–H and O–H groups in total. The summed E-state index contributed by atoms with van der Waals surface area (Å²) in [5, 5.41) is 0. The monoisotopic (exact) mass is 224 g/mol. The molecule has 1 aliphatic heterocycles. The van der Waals surface area contributed by atoms with Crippen LogP contribution in [0.25, 0.3) is 0 Å². The first-order chi connectivity index (χ1) is 7.22. The summed E-state index contributed by atoms with van der Waals surface area (Å²) in [6.45, 7) is 5.51. The van der Waals surface area contributed by atoms with Crippen molar-refractivity contribution < 1.29 is 9.53 Å². The Labute approximate surface area is 94.3 Å². The van der Waals surface area contributed by atoms with Crippen LogP contribution >= 0.6 is 11.3 Å². The summed E-state index contributed by atoms with van der Waals surface area (Å²) in [4.78, 5) is 14.4. The number of hydrogen-bond acceptors (Lipinski definition) is 3. The second-order valence-corrected chi connectivity index (χ2v) is 5.25. The third-order valence-corrected chi connectivity index (χ3v) is 3.94. The largest absolute Gasteiger partial charge is 0.381 e. The molecule has 0 aromatic carbocycles. The first-order valence-corrected chi connectivity index (χ1v) is 6.25. The Hall–Kier alpha value is -0.670. The number of ether oxygens (including phenoxy) is 1. The van der Waals surface area contributed by atoms with Gasteiger partial charge in [-0.15, -0.1) is 11.3 Å². The highest BCUT2D eigenvalue weighted by Gasteiger charge is 2.27. The Kier molecular flexibility index (Phi) is 3.22. The molecule has 0 aliphatic carbocycles. The van der Waals surface area contributed by atoms with E-state index >= 15 is 0 Å². The van der Waals surface area contributed by atoms with E-state index in [2.05, 4.69) is 19.9 Å². The van der Waals surface area contributed by atoms with E-state index in [-0.39, 0.29) is 5.92 Å². The molecule has 2 rings (SSSR count). The highest BCUT2D eigenvalue weighted by Crippen LogP contribution is 2.27. The topological polar surface area (TPSA) is 26.3 Å². The maximum absolute atomic E-state index is 12.2. The van der Waals surface area contributed by atoms with Crippen LogP contribution in [0.3, 0.4) is 0 Å². The predicted octanol–water partition coefficient (Wildman–Crippen LogP) is 2.84. The van der Waals surface area contributed by atoms with E-state index in [4.69, 9.17) is 4.74 Å². The SMILES string of the molecule is CCc1cc(C)sc1C(=O)C1CCOC1. The van der Waals surface area contributed by atoms with Gasteiger partial charge in [-0.05, 0) is 31.4 Å². The number of carbonyl (C=O) groups is 1. The van der Waals surface area contributed by atoms with E-state index in [0.717, 1.165) is 24.3 Å². The molecule has 2 nitrogen and oxygen atoms in total. The minimum Gasteiger partial charge on any atom is -0.381 e. The van der Waals surface area contributed by atoms with E-state index in [1.165, 1.54) is 10.4 Å². The molecule has 1 fully saturated rings. The Morgan fingerprint density at radius 1 is 1.67 bits per heavy atom. The lowest BCUT2D eigenvalue weighted by molar-refractivity contribution is 0.0903. The summed E-state index contributed by atoms with van der Waals surface area (Å²) < 4.78 is 5.26. The zero-order valence-electron chi connectivity index (χ0n) is 9.21. The number of hydrogen-bond donors (Lipinski definition) is 0. The van der Waals surface area contributed by atoms with Crippen LogP contribution in [0.4, 0.5) is 0 Å². The van der Waals surface area contributed by atoms with Gasteiger partial charge < -0.3 is 4.74 Å². The smallest absolute Gasteiger partial charge is 0.178 e. The lowest BCUT2D eigenvalue weighted by Crippen LogP contribution is -2.14. The first kappa shape index (κ1) is 10.8.